The van der Waals surface area contributed by atoms with Crippen molar-refractivity contribution in [3.8, 4) is 0 Å². The van der Waals surface area contributed by atoms with Crippen LogP contribution in [0.5, 0.6) is 0 Å². The highest BCUT2D eigenvalue weighted by Crippen LogP contribution is 2.56. The van der Waals surface area contributed by atoms with Gasteiger partial charge in [-0.1, -0.05) is 13.3 Å². The van der Waals surface area contributed by atoms with E-state index in [4.69, 9.17) is 16.7 Å². The molecule has 0 aromatic rings. The van der Waals surface area contributed by atoms with Crippen LogP contribution in [0.4, 0.5) is 0 Å². The predicted molar refractivity (Wildman–Crippen MR) is 50.8 cm³/mol. The minimum Gasteiger partial charge on any atom is -0.481 e. The summed E-state index contributed by atoms with van der Waals surface area (Å²) in [6.45, 7) is 2.14. The van der Waals surface area contributed by atoms with E-state index in [0.29, 0.717) is 0 Å². The van der Waals surface area contributed by atoms with Crippen LogP contribution in [-0.4, -0.2) is 16.5 Å². The van der Waals surface area contributed by atoms with E-state index < -0.39 is 5.97 Å². The summed E-state index contributed by atoms with van der Waals surface area (Å²) in [5.74, 6) is -0.616. The molecule has 2 rings (SSSR count). The average molecular weight is 203 g/mol. The van der Waals surface area contributed by atoms with E-state index in [1.807, 2.05) is 0 Å². The summed E-state index contributed by atoms with van der Waals surface area (Å²) in [7, 11) is 0. The zero-order chi connectivity index (χ0) is 9.64. The lowest BCUT2D eigenvalue weighted by Crippen LogP contribution is -2.31. The molecule has 0 spiro atoms. The highest BCUT2D eigenvalue weighted by atomic mass is 35.5. The molecule has 13 heavy (non-hydrogen) atoms. The molecule has 4 atom stereocenters. The molecule has 2 bridgehead atoms. The second kappa shape index (κ2) is 2.88. The Morgan fingerprint density at radius 3 is 2.85 bits per heavy atom. The van der Waals surface area contributed by atoms with Crippen LogP contribution >= 0.6 is 11.6 Å². The van der Waals surface area contributed by atoms with Gasteiger partial charge < -0.3 is 5.11 Å². The Kier molecular flexibility index (Phi) is 2.06. The number of carboxylic acid groups (broad SMARTS) is 1. The van der Waals surface area contributed by atoms with Gasteiger partial charge in [0.2, 0.25) is 0 Å². The zero-order valence-electron chi connectivity index (χ0n) is 7.79. The van der Waals surface area contributed by atoms with E-state index in [0.717, 1.165) is 25.7 Å². The maximum absolute atomic E-state index is 11.0. The lowest BCUT2D eigenvalue weighted by molar-refractivity contribution is -0.143. The number of carboxylic acids is 1. The lowest BCUT2D eigenvalue weighted by atomic mass is 9.77. The molecule has 0 amide bonds. The molecule has 0 heterocycles. The van der Waals surface area contributed by atoms with E-state index in [9.17, 15) is 4.79 Å². The third kappa shape index (κ3) is 1.26. The van der Waals surface area contributed by atoms with Crippen LogP contribution in [0.1, 0.15) is 32.6 Å². The van der Waals surface area contributed by atoms with Gasteiger partial charge in [0.05, 0.1) is 5.92 Å². The maximum atomic E-state index is 11.0. The Bertz CT molecular complexity index is 241. The van der Waals surface area contributed by atoms with E-state index in [-0.39, 0.29) is 22.6 Å². The number of rotatable bonds is 1. The summed E-state index contributed by atoms with van der Waals surface area (Å²) >= 11 is 6.30. The summed E-state index contributed by atoms with van der Waals surface area (Å²) in [6, 6.07) is 0. The first-order chi connectivity index (χ1) is 6.04. The first-order valence-corrected chi connectivity index (χ1v) is 5.35. The number of alkyl halides is 1. The van der Waals surface area contributed by atoms with Gasteiger partial charge in [0, 0.05) is 5.38 Å². The third-order valence-corrected chi connectivity index (χ3v) is 4.70. The molecule has 74 valence electrons. The highest BCUT2D eigenvalue weighted by molar-refractivity contribution is 6.21. The zero-order valence-corrected chi connectivity index (χ0v) is 8.55. The number of hydrogen-bond acceptors (Lipinski definition) is 1. The van der Waals surface area contributed by atoms with Crippen LogP contribution in [0.15, 0.2) is 0 Å². The molecule has 0 aromatic heterocycles. The van der Waals surface area contributed by atoms with Gasteiger partial charge in [-0.15, -0.1) is 11.6 Å². The number of halogens is 1. The van der Waals surface area contributed by atoms with Crippen molar-refractivity contribution in [1.29, 1.82) is 0 Å². The Hall–Kier alpha value is -0.240. The topological polar surface area (TPSA) is 37.3 Å². The quantitative estimate of drug-likeness (QED) is 0.664. The van der Waals surface area contributed by atoms with Gasteiger partial charge in [-0.25, -0.2) is 0 Å². The molecular formula is C10H15ClO2. The summed E-state index contributed by atoms with van der Waals surface area (Å²) < 4.78 is 0. The van der Waals surface area contributed by atoms with Crippen LogP contribution in [0.3, 0.4) is 0 Å². The van der Waals surface area contributed by atoms with Crippen molar-refractivity contribution in [1.82, 2.24) is 0 Å². The van der Waals surface area contributed by atoms with Crippen molar-refractivity contribution < 1.29 is 9.90 Å². The van der Waals surface area contributed by atoms with Gasteiger partial charge in [-0.05, 0) is 30.6 Å². The van der Waals surface area contributed by atoms with Crippen LogP contribution in [0, 0.1) is 17.3 Å². The number of hydrogen-bond donors (Lipinski definition) is 1. The van der Waals surface area contributed by atoms with E-state index in [1.165, 1.54) is 0 Å². The summed E-state index contributed by atoms with van der Waals surface area (Å²) in [4.78, 5) is 11.0. The van der Waals surface area contributed by atoms with E-state index in [2.05, 4.69) is 6.92 Å². The van der Waals surface area contributed by atoms with Gasteiger partial charge in [-0.3, -0.25) is 4.79 Å². The fourth-order valence-electron chi connectivity index (χ4n) is 3.09. The predicted octanol–water partition coefficient (Wildman–Crippen LogP) is 2.50. The van der Waals surface area contributed by atoms with Crippen LogP contribution in [-0.2, 0) is 4.79 Å². The second-order valence-electron chi connectivity index (χ2n) is 4.76. The molecule has 2 fully saturated rings. The molecule has 2 aliphatic carbocycles. The summed E-state index contributed by atoms with van der Waals surface area (Å²) in [5.41, 5.74) is 0.0908. The van der Waals surface area contributed by atoms with Crippen LogP contribution in [0.2, 0.25) is 0 Å². The Balaban J connectivity index is 2.26. The number of carbonyl (C=O) groups is 1. The fraction of sp³-hybridized carbons (Fsp3) is 0.900. The Morgan fingerprint density at radius 2 is 2.31 bits per heavy atom. The van der Waals surface area contributed by atoms with Crippen molar-refractivity contribution in [3.05, 3.63) is 0 Å². The van der Waals surface area contributed by atoms with Crippen molar-refractivity contribution in [2.24, 2.45) is 17.3 Å². The maximum Gasteiger partial charge on any atom is 0.306 e. The SMILES string of the molecule is C[C@@]12CCC[C@@H]([C@@H](C(=O)O)C1)[C@@H]2Cl. The van der Waals surface area contributed by atoms with Crippen molar-refractivity contribution in [2.45, 2.75) is 38.0 Å². The smallest absolute Gasteiger partial charge is 0.306 e. The molecule has 0 unspecified atom stereocenters. The van der Waals surface area contributed by atoms with E-state index >= 15 is 0 Å². The average Bonchev–Trinajstić information content (AvgIpc) is 2.25. The van der Waals surface area contributed by atoms with Crippen molar-refractivity contribution in [2.75, 3.05) is 0 Å². The highest BCUT2D eigenvalue weighted by Gasteiger charge is 2.54. The third-order valence-electron chi connectivity index (χ3n) is 3.85. The molecule has 2 nitrogen and oxygen atoms in total. The standard InChI is InChI=1S/C10H15ClO2/c1-10-4-2-3-6(8(10)11)7(5-10)9(12)13/h6-8H,2-5H2,1H3,(H,12,13)/t6-,7-,8-,10+/m0/s1. The molecule has 0 aliphatic heterocycles. The number of aliphatic carboxylic acids is 1. The summed E-state index contributed by atoms with van der Waals surface area (Å²) in [5, 5.41) is 9.12. The molecule has 0 radical (unpaired) electrons. The second-order valence-corrected chi connectivity index (χ2v) is 5.23. The minimum absolute atomic E-state index is 0.0855. The van der Waals surface area contributed by atoms with Crippen LogP contribution in [0.25, 0.3) is 0 Å². The molecule has 2 aliphatic rings. The van der Waals surface area contributed by atoms with Crippen molar-refractivity contribution in [3.63, 3.8) is 0 Å². The Morgan fingerprint density at radius 1 is 1.62 bits per heavy atom. The molecule has 2 saturated carbocycles. The Labute approximate surface area is 83.3 Å². The van der Waals surface area contributed by atoms with Crippen molar-refractivity contribution >= 4 is 17.6 Å². The van der Waals surface area contributed by atoms with Gasteiger partial charge in [-0.2, -0.15) is 0 Å². The lowest BCUT2D eigenvalue weighted by Gasteiger charge is -2.34. The summed E-state index contributed by atoms with van der Waals surface area (Å²) in [6.07, 6.45) is 4.03. The van der Waals surface area contributed by atoms with Gasteiger partial charge in [0.15, 0.2) is 0 Å². The largest absolute Gasteiger partial charge is 0.481 e. The monoisotopic (exact) mass is 202 g/mol. The van der Waals surface area contributed by atoms with E-state index in [1.54, 1.807) is 0 Å². The molecule has 0 saturated heterocycles. The molecule has 0 aromatic carbocycles. The fourth-order valence-corrected chi connectivity index (χ4v) is 3.59. The van der Waals surface area contributed by atoms with Gasteiger partial charge in [0.25, 0.3) is 0 Å². The molecule has 3 heteroatoms. The minimum atomic E-state index is -0.652. The van der Waals surface area contributed by atoms with Gasteiger partial charge in [0.1, 0.15) is 0 Å². The number of fused-ring (bicyclic) bond motifs is 2. The molecule has 1 N–H and O–H groups in total. The molecular weight excluding hydrogens is 188 g/mol. The first-order valence-electron chi connectivity index (χ1n) is 4.91. The van der Waals surface area contributed by atoms with Gasteiger partial charge >= 0.3 is 5.97 Å². The normalized spacial score (nSPS) is 49.2. The first kappa shape index (κ1) is 9.32. The van der Waals surface area contributed by atoms with Crippen LogP contribution < -0.4 is 0 Å².